The number of ether oxygens (including phenoxy) is 1. The molecule has 0 aromatic heterocycles. The Morgan fingerprint density at radius 2 is 2.12 bits per heavy atom. The summed E-state index contributed by atoms with van der Waals surface area (Å²) < 4.78 is 4.71. The van der Waals surface area contributed by atoms with Gasteiger partial charge in [0.05, 0.1) is 19.2 Å². The normalized spacial score (nSPS) is 10.1. The molecular weight excluding hydrogens is 242 g/mol. The molecule has 0 aliphatic heterocycles. The highest BCUT2D eigenvalue weighted by Gasteiger charge is 2.16. The van der Waals surface area contributed by atoms with Crippen molar-refractivity contribution >= 4 is 23.5 Å². The molecule has 5 heteroatoms. The van der Waals surface area contributed by atoms with E-state index in [0.29, 0.717) is 11.1 Å². The number of rotatable bonds is 5. The predicted molar refractivity (Wildman–Crippen MR) is 65.1 cm³/mol. The third-order valence-corrected chi connectivity index (χ3v) is 2.53. The molecule has 1 rings (SSSR count). The molecule has 0 aliphatic rings. The van der Waals surface area contributed by atoms with Crippen LogP contribution in [0.15, 0.2) is 18.2 Å². The summed E-state index contributed by atoms with van der Waals surface area (Å²) in [5.41, 5.74) is 1.91. The van der Waals surface area contributed by atoms with Gasteiger partial charge in [0.15, 0.2) is 5.78 Å². The van der Waals surface area contributed by atoms with Crippen LogP contribution >= 0.6 is 11.8 Å². The lowest BCUT2D eigenvalue weighted by molar-refractivity contribution is -0.117. The minimum atomic E-state index is -0.426. The van der Waals surface area contributed by atoms with Crippen molar-refractivity contribution in [3.8, 4) is 0 Å². The second-order valence-corrected chi connectivity index (χ2v) is 3.89. The monoisotopic (exact) mass is 255 g/mol. The van der Waals surface area contributed by atoms with Gasteiger partial charge in [0, 0.05) is 6.42 Å². The molecule has 0 heterocycles. The first-order chi connectivity index (χ1) is 8.10. The van der Waals surface area contributed by atoms with Crippen LogP contribution in [0, 0.1) is 6.92 Å². The Kier molecular flexibility index (Phi) is 5.12. The lowest BCUT2D eigenvalue weighted by Gasteiger charge is -2.09. The quantitative estimate of drug-likeness (QED) is 0.642. The number of ketones is 1. The Hall–Kier alpha value is -1.39. The Labute approximate surface area is 105 Å². The summed E-state index contributed by atoms with van der Waals surface area (Å²) >= 11 is 5.26. The highest BCUT2D eigenvalue weighted by Crippen LogP contribution is 2.16. The molecular formula is C12H14ClNO3. The molecule has 0 saturated carbocycles. The number of benzene rings is 1. The molecule has 4 nitrogen and oxygen atoms in total. The smallest absolute Gasteiger partial charge is 0.338 e. The van der Waals surface area contributed by atoms with Gasteiger partial charge >= 0.3 is 5.97 Å². The Morgan fingerprint density at radius 3 is 2.71 bits per heavy atom. The first kappa shape index (κ1) is 13.7. The van der Waals surface area contributed by atoms with Gasteiger partial charge in [-0.1, -0.05) is 18.2 Å². The Morgan fingerprint density at radius 1 is 1.41 bits per heavy atom. The van der Waals surface area contributed by atoms with Gasteiger partial charge in [0.1, 0.15) is 0 Å². The van der Waals surface area contributed by atoms with E-state index < -0.39 is 5.97 Å². The van der Waals surface area contributed by atoms with Crippen LogP contribution in [-0.4, -0.2) is 25.4 Å². The Balaban J connectivity index is 3.02. The van der Waals surface area contributed by atoms with Crippen molar-refractivity contribution in [2.24, 2.45) is 0 Å². The summed E-state index contributed by atoms with van der Waals surface area (Å²) in [6.07, 6.45) is 0.159. The second kappa shape index (κ2) is 6.37. The average molecular weight is 256 g/mol. The molecule has 1 aromatic carbocycles. The fourth-order valence-corrected chi connectivity index (χ4v) is 1.77. The minimum Gasteiger partial charge on any atom is -0.465 e. The maximum Gasteiger partial charge on any atom is 0.338 e. The molecule has 0 atom stereocenters. The molecule has 1 aromatic rings. The number of esters is 1. The number of methoxy groups -OCH3 is 1. The van der Waals surface area contributed by atoms with E-state index in [0.717, 1.165) is 5.56 Å². The zero-order valence-corrected chi connectivity index (χ0v) is 10.5. The van der Waals surface area contributed by atoms with E-state index in [1.54, 1.807) is 25.1 Å². The molecule has 0 saturated heterocycles. The summed E-state index contributed by atoms with van der Waals surface area (Å²) in [5, 5.41) is 0. The van der Waals surface area contributed by atoms with E-state index in [1.807, 2.05) is 0 Å². The third kappa shape index (κ3) is 3.54. The number of Topliss-reactive ketones (excluding diaryl/α,β-unsaturated/α-hetero) is 1. The van der Waals surface area contributed by atoms with Crippen LogP contribution < -0.4 is 4.84 Å². The summed E-state index contributed by atoms with van der Waals surface area (Å²) in [4.78, 5) is 25.4. The van der Waals surface area contributed by atoms with Crippen LogP contribution in [-0.2, 0) is 16.0 Å². The number of aryl methyl sites for hydroxylation is 1. The summed E-state index contributed by atoms with van der Waals surface area (Å²) in [6.45, 7) is 1.87. The predicted octanol–water partition coefficient (Wildman–Crippen LogP) is 1.64. The van der Waals surface area contributed by atoms with Crippen molar-refractivity contribution in [2.75, 3.05) is 13.7 Å². The van der Waals surface area contributed by atoms with E-state index in [1.165, 1.54) is 7.11 Å². The van der Waals surface area contributed by atoms with Crippen molar-refractivity contribution in [3.05, 3.63) is 34.9 Å². The van der Waals surface area contributed by atoms with Crippen LogP contribution in [0.25, 0.3) is 0 Å². The number of halogens is 1. The zero-order chi connectivity index (χ0) is 12.8. The van der Waals surface area contributed by atoms with Gasteiger partial charge in [-0.2, -0.15) is 0 Å². The van der Waals surface area contributed by atoms with Crippen molar-refractivity contribution in [3.63, 3.8) is 0 Å². The van der Waals surface area contributed by atoms with E-state index in [2.05, 4.69) is 4.84 Å². The third-order valence-electron chi connectivity index (χ3n) is 2.40. The van der Waals surface area contributed by atoms with E-state index in [9.17, 15) is 9.59 Å². The van der Waals surface area contributed by atoms with Crippen molar-refractivity contribution in [1.29, 1.82) is 0 Å². The number of hydrogen-bond donors (Lipinski definition) is 1. The highest BCUT2D eigenvalue weighted by molar-refractivity contribution is 6.14. The largest absolute Gasteiger partial charge is 0.465 e. The van der Waals surface area contributed by atoms with Gasteiger partial charge in [-0.05, 0) is 29.8 Å². The van der Waals surface area contributed by atoms with Crippen molar-refractivity contribution in [2.45, 2.75) is 13.3 Å². The number of hydrogen-bond acceptors (Lipinski definition) is 4. The fourth-order valence-electron chi connectivity index (χ4n) is 1.62. The highest BCUT2D eigenvalue weighted by atomic mass is 35.5. The topological polar surface area (TPSA) is 55.4 Å². The van der Waals surface area contributed by atoms with E-state index in [-0.39, 0.29) is 18.7 Å². The first-order valence-corrected chi connectivity index (χ1v) is 5.50. The summed E-state index contributed by atoms with van der Waals surface area (Å²) in [6, 6.07) is 5.35. The molecule has 17 heavy (non-hydrogen) atoms. The van der Waals surface area contributed by atoms with E-state index >= 15 is 0 Å². The molecule has 0 spiro atoms. The fraction of sp³-hybridized carbons (Fsp3) is 0.333. The molecule has 92 valence electrons. The lowest BCUT2D eigenvalue weighted by Crippen LogP contribution is -2.18. The maximum absolute atomic E-state index is 11.6. The molecule has 0 radical (unpaired) electrons. The molecule has 0 fully saturated rings. The minimum absolute atomic E-state index is 0.0656. The standard InChI is InChI=1S/C12H14ClNO3/c1-8-4-3-5-9(6-10(15)7-14-13)11(8)12(16)17-2/h3-5,14H,6-7H2,1-2H3. The van der Waals surface area contributed by atoms with Gasteiger partial charge in [0.25, 0.3) is 0 Å². The summed E-state index contributed by atoms with van der Waals surface area (Å²) in [5.74, 6) is -0.513. The number of carbonyl (C=O) groups excluding carboxylic acids is 2. The molecule has 0 amide bonds. The molecule has 0 bridgehead atoms. The van der Waals surface area contributed by atoms with Crippen LogP contribution in [0.2, 0.25) is 0 Å². The molecule has 1 N–H and O–H groups in total. The van der Waals surface area contributed by atoms with Crippen LogP contribution in [0.3, 0.4) is 0 Å². The van der Waals surface area contributed by atoms with Crippen molar-refractivity contribution in [1.82, 2.24) is 4.84 Å². The second-order valence-electron chi connectivity index (χ2n) is 3.63. The van der Waals surface area contributed by atoms with Crippen molar-refractivity contribution < 1.29 is 14.3 Å². The SMILES string of the molecule is COC(=O)c1c(C)cccc1CC(=O)CNCl. The first-order valence-electron chi connectivity index (χ1n) is 5.12. The van der Waals surface area contributed by atoms with Gasteiger partial charge in [0.2, 0.25) is 0 Å². The zero-order valence-electron chi connectivity index (χ0n) is 9.75. The Bertz CT molecular complexity index is 432. The van der Waals surface area contributed by atoms with E-state index in [4.69, 9.17) is 16.5 Å². The van der Waals surface area contributed by atoms with Gasteiger partial charge in [-0.3, -0.25) is 4.79 Å². The van der Waals surface area contributed by atoms with Crippen LogP contribution in [0.4, 0.5) is 0 Å². The van der Waals surface area contributed by atoms with Crippen LogP contribution in [0.1, 0.15) is 21.5 Å². The molecule has 0 aliphatic carbocycles. The number of carbonyl (C=O) groups is 2. The van der Waals surface area contributed by atoms with Crippen LogP contribution in [0.5, 0.6) is 0 Å². The number of nitrogens with one attached hydrogen (secondary N) is 1. The van der Waals surface area contributed by atoms with Gasteiger partial charge in [-0.15, -0.1) is 0 Å². The summed E-state index contributed by atoms with van der Waals surface area (Å²) in [7, 11) is 1.32. The average Bonchev–Trinajstić information content (AvgIpc) is 2.28. The lowest BCUT2D eigenvalue weighted by atomic mass is 9.98. The van der Waals surface area contributed by atoms with Gasteiger partial charge < -0.3 is 4.74 Å². The maximum atomic E-state index is 11.6. The molecule has 0 unspecified atom stereocenters. The van der Waals surface area contributed by atoms with Gasteiger partial charge in [-0.25, -0.2) is 9.63 Å².